The fourth-order valence-electron chi connectivity index (χ4n) is 2.42. The number of hydrogen-bond donors (Lipinski definition) is 2. The standard InChI is InChI=1S/C19H22N2O2S/c1-4-13(2)14-9-5-7-11-16(14)20-19(24)21-18(22)15-10-6-8-12-17(15)23-3/h5-13H,4H2,1-3H3,(H2,20,21,22,24)/t13-/m1/s1. The molecule has 4 nitrogen and oxygen atoms in total. The van der Waals surface area contributed by atoms with Gasteiger partial charge in [-0.25, -0.2) is 0 Å². The van der Waals surface area contributed by atoms with Gasteiger partial charge in [0.25, 0.3) is 5.91 Å². The summed E-state index contributed by atoms with van der Waals surface area (Å²) in [5, 5.41) is 6.09. The number of thiocarbonyl (C=S) groups is 1. The summed E-state index contributed by atoms with van der Waals surface area (Å²) in [6, 6.07) is 15.0. The predicted octanol–water partition coefficient (Wildman–Crippen LogP) is 4.34. The fraction of sp³-hybridized carbons (Fsp3) is 0.263. The molecule has 5 heteroatoms. The highest BCUT2D eigenvalue weighted by atomic mass is 32.1. The SMILES string of the molecule is CC[C@@H](C)c1ccccc1NC(=S)NC(=O)c1ccccc1OC. The average Bonchev–Trinajstić information content (AvgIpc) is 2.61. The number of nitrogens with one attached hydrogen (secondary N) is 2. The van der Waals surface area contributed by atoms with Gasteiger partial charge in [-0.2, -0.15) is 0 Å². The van der Waals surface area contributed by atoms with Crippen LogP contribution in [0.15, 0.2) is 48.5 Å². The van der Waals surface area contributed by atoms with Crippen molar-refractivity contribution in [3.63, 3.8) is 0 Å². The Morgan fingerprint density at radius 1 is 1.17 bits per heavy atom. The number of methoxy groups -OCH3 is 1. The van der Waals surface area contributed by atoms with Crippen LogP contribution in [-0.2, 0) is 0 Å². The van der Waals surface area contributed by atoms with Crippen molar-refractivity contribution in [2.45, 2.75) is 26.2 Å². The Labute approximate surface area is 148 Å². The van der Waals surface area contributed by atoms with Gasteiger partial charge in [-0.1, -0.05) is 44.2 Å². The van der Waals surface area contributed by atoms with Crippen LogP contribution in [0.1, 0.15) is 42.1 Å². The van der Waals surface area contributed by atoms with Crippen LogP contribution in [0, 0.1) is 0 Å². The summed E-state index contributed by atoms with van der Waals surface area (Å²) in [4.78, 5) is 12.4. The van der Waals surface area contributed by atoms with Crippen LogP contribution < -0.4 is 15.4 Å². The van der Waals surface area contributed by atoms with Crippen LogP contribution in [0.5, 0.6) is 5.75 Å². The quantitative estimate of drug-likeness (QED) is 0.794. The molecule has 24 heavy (non-hydrogen) atoms. The van der Waals surface area contributed by atoms with E-state index in [1.165, 1.54) is 12.7 Å². The van der Waals surface area contributed by atoms with E-state index in [-0.39, 0.29) is 11.0 Å². The first-order valence-corrected chi connectivity index (χ1v) is 8.31. The Hall–Kier alpha value is -2.40. The molecule has 1 amide bonds. The minimum absolute atomic E-state index is 0.265. The van der Waals surface area contributed by atoms with Gasteiger partial charge in [0.2, 0.25) is 0 Å². The summed E-state index contributed by atoms with van der Waals surface area (Å²) < 4.78 is 5.21. The summed E-state index contributed by atoms with van der Waals surface area (Å²) >= 11 is 5.29. The van der Waals surface area contributed by atoms with Crippen molar-refractivity contribution >= 4 is 28.9 Å². The van der Waals surface area contributed by atoms with Crippen LogP contribution in [0.25, 0.3) is 0 Å². The maximum Gasteiger partial charge on any atom is 0.261 e. The van der Waals surface area contributed by atoms with E-state index < -0.39 is 0 Å². The third-order valence-corrected chi connectivity index (χ3v) is 4.14. The van der Waals surface area contributed by atoms with Gasteiger partial charge in [-0.3, -0.25) is 10.1 Å². The molecule has 1 atom stereocenters. The van der Waals surface area contributed by atoms with E-state index in [1.54, 1.807) is 18.2 Å². The first kappa shape index (κ1) is 17.9. The molecule has 0 aliphatic rings. The lowest BCUT2D eigenvalue weighted by atomic mass is 9.97. The Bertz CT molecular complexity index is 731. The molecule has 126 valence electrons. The summed E-state index contributed by atoms with van der Waals surface area (Å²) in [7, 11) is 1.53. The highest BCUT2D eigenvalue weighted by Crippen LogP contribution is 2.26. The molecule has 0 heterocycles. The van der Waals surface area contributed by atoms with Gasteiger partial charge in [0.1, 0.15) is 5.75 Å². The van der Waals surface area contributed by atoms with Gasteiger partial charge in [-0.15, -0.1) is 0 Å². The Balaban J connectivity index is 2.10. The Morgan fingerprint density at radius 2 is 1.83 bits per heavy atom. The van der Waals surface area contributed by atoms with Crippen LogP contribution in [0.2, 0.25) is 0 Å². The van der Waals surface area contributed by atoms with Crippen LogP contribution in [0.3, 0.4) is 0 Å². The van der Waals surface area contributed by atoms with Crippen LogP contribution >= 0.6 is 12.2 Å². The minimum atomic E-state index is -0.300. The number of rotatable bonds is 5. The zero-order valence-corrected chi connectivity index (χ0v) is 14.9. The number of carbonyl (C=O) groups excluding carboxylic acids is 1. The Kier molecular flexibility index (Phi) is 6.32. The molecule has 0 bridgehead atoms. The smallest absolute Gasteiger partial charge is 0.261 e. The lowest BCUT2D eigenvalue weighted by Crippen LogP contribution is -2.34. The minimum Gasteiger partial charge on any atom is -0.496 e. The molecule has 2 aromatic carbocycles. The lowest BCUT2D eigenvalue weighted by Gasteiger charge is -2.17. The number of ether oxygens (including phenoxy) is 1. The number of amides is 1. The van der Waals surface area contributed by atoms with Crippen molar-refractivity contribution in [2.24, 2.45) is 0 Å². The normalized spacial score (nSPS) is 11.5. The van der Waals surface area contributed by atoms with Gasteiger partial charge >= 0.3 is 0 Å². The first-order valence-electron chi connectivity index (χ1n) is 7.91. The van der Waals surface area contributed by atoms with Crippen LogP contribution in [0.4, 0.5) is 5.69 Å². The molecule has 2 rings (SSSR count). The average molecular weight is 342 g/mol. The highest BCUT2D eigenvalue weighted by Gasteiger charge is 2.14. The maximum atomic E-state index is 12.4. The molecule has 2 N–H and O–H groups in total. The van der Waals surface area contributed by atoms with E-state index in [4.69, 9.17) is 17.0 Å². The molecule has 0 unspecified atom stereocenters. The molecular weight excluding hydrogens is 320 g/mol. The monoisotopic (exact) mass is 342 g/mol. The lowest BCUT2D eigenvalue weighted by molar-refractivity contribution is 0.0975. The maximum absolute atomic E-state index is 12.4. The predicted molar refractivity (Wildman–Crippen MR) is 102 cm³/mol. The molecule has 0 radical (unpaired) electrons. The number of carbonyl (C=O) groups is 1. The molecule has 0 fully saturated rings. The van der Waals surface area contributed by atoms with Gasteiger partial charge in [0.15, 0.2) is 5.11 Å². The Morgan fingerprint density at radius 3 is 2.54 bits per heavy atom. The summed E-state index contributed by atoms with van der Waals surface area (Å²) in [5.41, 5.74) is 2.53. The molecule has 0 saturated carbocycles. The molecule has 0 aromatic heterocycles. The second kappa shape index (κ2) is 8.45. The molecule has 0 spiro atoms. The van der Waals surface area contributed by atoms with E-state index in [2.05, 4.69) is 30.5 Å². The van der Waals surface area contributed by atoms with Gasteiger partial charge in [0.05, 0.1) is 12.7 Å². The molecule has 2 aromatic rings. The topological polar surface area (TPSA) is 50.4 Å². The number of anilines is 1. The van der Waals surface area contributed by atoms with Crippen molar-refractivity contribution < 1.29 is 9.53 Å². The van der Waals surface area contributed by atoms with E-state index in [0.717, 1.165) is 12.1 Å². The molecule has 0 aliphatic heterocycles. The number of hydrogen-bond acceptors (Lipinski definition) is 3. The van der Waals surface area contributed by atoms with Crippen molar-refractivity contribution in [1.29, 1.82) is 0 Å². The third-order valence-electron chi connectivity index (χ3n) is 3.93. The molecule has 0 saturated heterocycles. The first-order chi connectivity index (χ1) is 11.6. The molecule has 0 aliphatic carbocycles. The molecular formula is C19H22N2O2S. The largest absolute Gasteiger partial charge is 0.496 e. The van der Waals surface area contributed by atoms with E-state index in [9.17, 15) is 4.79 Å². The summed E-state index contributed by atoms with van der Waals surface area (Å²) in [6.45, 7) is 4.31. The second-order valence-electron chi connectivity index (χ2n) is 5.51. The number of para-hydroxylation sites is 2. The third kappa shape index (κ3) is 4.32. The van der Waals surface area contributed by atoms with E-state index in [0.29, 0.717) is 17.2 Å². The van der Waals surface area contributed by atoms with Gasteiger partial charge in [0, 0.05) is 5.69 Å². The van der Waals surface area contributed by atoms with E-state index >= 15 is 0 Å². The zero-order valence-electron chi connectivity index (χ0n) is 14.1. The van der Waals surface area contributed by atoms with Crippen molar-refractivity contribution in [2.75, 3.05) is 12.4 Å². The summed E-state index contributed by atoms with van der Waals surface area (Å²) in [5.74, 6) is 0.616. The van der Waals surface area contributed by atoms with Gasteiger partial charge in [-0.05, 0) is 48.3 Å². The van der Waals surface area contributed by atoms with Crippen molar-refractivity contribution in [3.05, 3.63) is 59.7 Å². The number of benzene rings is 2. The highest BCUT2D eigenvalue weighted by molar-refractivity contribution is 7.80. The van der Waals surface area contributed by atoms with Crippen molar-refractivity contribution in [1.82, 2.24) is 5.32 Å². The zero-order chi connectivity index (χ0) is 17.5. The van der Waals surface area contributed by atoms with E-state index in [1.807, 2.05) is 24.3 Å². The van der Waals surface area contributed by atoms with Crippen molar-refractivity contribution in [3.8, 4) is 5.75 Å². The fourth-order valence-corrected chi connectivity index (χ4v) is 2.62. The van der Waals surface area contributed by atoms with Gasteiger partial charge < -0.3 is 10.1 Å². The summed E-state index contributed by atoms with van der Waals surface area (Å²) in [6.07, 6.45) is 1.03. The van der Waals surface area contributed by atoms with Crippen LogP contribution in [-0.4, -0.2) is 18.1 Å². The second-order valence-corrected chi connectivity index (χ2v) is 5.91.